The van der Waals surface area contributed by atoms with Gasteiger partial charge in [-0.3, -0.25) is 9.67 Å². The Morgan fingerprint density at radius 1 is 1.54 bits per heavy atom. The van der Waals surface area contributed by atoms with Crippen molar-refractivity contribution in [1.82, 2.24) is 30.4 Å². The van der Waals surface area contributed by atoms with Crippen LogP contribution in [-0.2, 0) is 0 Å². The Bertz CT molecular complexity index is 913. The van der Waals surface area contributed by atoms with Gasteiger partial charge in [-0.15, -0.1) is 0 Å². The van der Waals surface area contributed by atoms with Crippen LogP contribution in [-0.4, -0.2) is 45.4 Å². The van der Waals surface area contributed by atoms with Crippen LogP contribution < -0.4 is 10.6 Å². The Hall–Kier alpha value is -2.78. The van der Waals surface area contributed by atoms with Gasteiger partial charge < -0.3 is 10.6 Å². The van der Waals surface area contributed by atoms with Gasteiger partial charge in [0.2, 0.25) is 0 Å². The van der Waals surface area contributed by atoms with Crippen LogP contribution in [0.3, 0.4) is 0 Å². The van der Waals surface area contributed by atoms with E-state index >= 15 is 0 Å². The van der Waals surface area contributed by atoms with Crippen molar-refractivity contribution in [1.29, 1.82) is 0 Å². The van der Waals surface area contributed by atoms with Crippen LogP contribution in [0, 0.1) is 0 Å². The quantitative estimate of drug-likeness (QED) is 0.188. The van der Waals surface area contributed by atoms with Gasteiger partial charge in [0.1, 0.15) is 6.33 Å². The van der Waals surface area contributed by atoms with Crippen LogP contribution in [0.2, 0.25) is 0 Å². The number of carbonyl (C=O) groups excluding carboxylic acids is 1. The van der Waals surface area contributed by atoms with E-state index in [0.717, 1.165) is 16.2 Å². The number of rotatable bonds is 9. The third-order valence-corrected chi connectivity index (χ3v) is 5.00. The molecule has 0 aliphatic carbocycles. The van der Waals surface area contributed by atoms with Gasteiger partial charge in [0, 0.05) is 24.1 Å². The number of imidazole rings is 1. The van der Waals surface area contributed by atoms with Gasteiger partial charge in [0.25, 0.3) is 0 Å². The fourth-order valence-electron chi connectivity index (χ4n) is 2.33. The zero-order valence-electron chi connectivity index (χ0n) is 15.7. The fourth-order valence-corrected chi connectivity index (χ4v) is 3.46. The molecule has 8 nitrogen and oxygen atoms in total. The van der Waals surface area contributed by atoms with Gasteiger partial charge in [-0.1, -0.05) is 48.2 Å². The number of amides is 2. The first-order valence-corrected chi connectivity index (χ1v) is 9.72. The molecule has 2 heterocycles. The zero-order valence-corrected chi connectivity index (χ0v) is 17.3. The number of nitrogens with one attached hydrogen (secondary N) is 3. The maximum Gasteiger partial charge on any atom is 0.315 e. The number of hydrogen-bond acceptors (Lipinski definition) is 5. The van der Waals surface area contributed by atoms with Gasteiger partial charge in [0.15, 0.2) is 11.6 Å². The van der Waals surface area contributed by atoms with E-state index in [1.807, 2.05) is 19.1 Å². The summed E-state index contributed by atoms with van der Waals surface area (Å²) in [6.07, 6.45) is 9.51. The SMILES string of the molecule is C=C/C(=C(/Cl)C/C=C\C)c1cncn1-c1n[nH]c(N=C)c1SCNC(=O)NC. The molecule has 0 unspecified atom stereocenters. The smallest absolute Gasteiger partial charge is 0.315 e. The zero-order chi connectivity index (χ0) is 20.5. The van der Waals surface area contributed by atoms with E-state index < -0.39 is 0 Å². The van der Waals surface area contributed by atoms with Crippen molar-refractivity contribution in [2.75, 3.05) is 12.9 Å². The molecule has 0 saturated carbocycles. The van der Waals surface area contributed by atoms with Crippen molar-refractivity contribution in [3.8, 4) is 5.82 Å². The molecule has 0 spiro atoms. The monoisotopic (exact) mass is 419 g/mol. The molecule has 0 bridgehead atoms. The minimum absolute atomic E-state index is 0.276. The van der Waals surface area contributed by atoms with E-state index in [9.17, 15) is 4.79 Å². The van der Waals surface area contributed by atoms with Gasteiger partial charge in [-0.25, -0.2) is 14.8 Å². The lowest BCUT2D eigenvalue weighted by molar-refractivity contribution is 0.244. The van der Waals surface area contributed by atoms with Crippen molar-refractivity contribution in [3.05, 3.63) is 48.1 Å². The lowest BCUT2D eigenvalue weighted by Gasteiger charge is -2.10. The highest BCUT2D eigenvalue weighted by Crippen LogP contribution is 2.35. The fraction of sp³-hybridized carbons (Fsp3) is 0.222. The molecule has 0 fully saturated rings. The van der Waals surface area contributed by atoms with Crippen LogP contribution in [0.15, 0.2) is 52.3 Å². The van der Waals surface area contributed by atoms with E-state index in [-0.39, 0.29) is 6.03 Å². The summed E-state index contributed by atoms with van der Waals surface area (Å²) in [4.78, 5) is 20.3. The molecule has 2 aromatic rings. The number of aromatic amines is 1. The van der Waals surface area contributed by atoms with Crippen molar-refractivity contribution in [2.45, 2.75) is 18.2 Å². The highest BCUT2D eigenvalue weighted by atomic mass is 35.5. The summed E-state index contributed by atoms with van der Waals surface area (Å²) in [5, 5.41) is 13.1. The van der Waals surface area contributed by atoms with E-state index in [1.54, 1.807) is 30.2 Å². The molecular formula is C18H22ClN7OS. The molecule has 0 aliphatic rings. The second-order valence-corrected chi connectivity index (χ2v) is 6.81. The molecule has 2 aromatic heterocycles. The number of aliphatic imine (C=N–C) groups is 1. The molecule has 2 amide bonds. The van der Waals surface area contributed by atoms with Crippen LogP contribution in [0.1, 0.15) is 19.0 Å². The predicted molar refractivity (Wildman–Crippen MR) is 116 cm³/mol. The molecule has 2 rings (SSSR count). The number of allylic oxidation sites excluding steroid dienone is 5. The Balaban J connectivity index is 2.43. The molecule has 28 heavy (non-hydrogen) atoms. The van der Waals surface area contributed by atoms with E-state index in [2.05, 4.69) is 44.1 Å². The summed E-state index contributed by atoms with van der Waals surface area (Å²) < 4.78 is 1.79. The third kappa shape index (κ3) is 4.93. The Kier molecular flexibility index (Phi) is 8.09. The van der Waals surface area contributed by atoms with Gasteiger partial charge in [-0.2, -0.15) is 5.10 Å². The van der Waals surface area contributed by atoms with E-state index in [0.29, 0.717) is 29.0 Å². The number of thioether (sulfide) groups is 1. The first-order chi connectivity index (χ1) is 13.6. The number of carbonyl (C=O) groups is 1. The van der Waals surface area contributed by atoms with Crippen molar-refractivity contribution in [2.24, 2.45) is 4.99 Å². The summed E-state index contributed by atoms with van der Waals surface area (Å²) >= 11 is 7.85. The Morgan fingerprint density at radius 3 is 2.96 bits per heavy atom. The number of halogens is 1. The third-order valence-electron chi connectivity index (χ3n) is 3.69. The van der Waals surface area contributed by atoms with Crippen LogP contribution >= 0.6 is 23.4 Å². The summed E-state index contributed by atoms with van der Waals surface area (Å²) in [6, 6.07) is -0.276. The Labute approximate surface area is 172 Å². The molecule has 3 N–H and O–H groups in total. The van der Waals surface area contributed by atoms with Gasteiger partial charge >= 0.3 is 6.03 Å². The first kappa shape index (κ1) is 21.5. The first-order valence-electron chi connectivity index (χ1n) is 8.36. The average Bonchev–Trinajstić information content (AvgIpc) is 3.33. The number of nitrogens with zero attached hydrogens (tertiary/aromatic N) is 4. The van der Waals surface area contributed by atoms with E-state index in [1.165, 1.54) is 11.8 Å². The topological polar surface area (TPSA) is 100.0 Å². The molecule has 0 saturated heterocycles. The molecule has 148 valence electrons. The van der Waals surface area contributed by atoms with Crippen molar-refractivity contribution >= 4 is 47.5 Å². The highest BCUT2D eigenvalue weighted by Gasteiger charge is 2.19. The number of H-pyrrole nitrogens is 1. The summed E-state index contributed by atoms with van der Waals surface area (Å²) in [5.74, 6) is 1.40. The molecule has 0 radical (unpaired) electrons. The lowest BCUT2D eigenvalue weighted by Crippen LogP contribution is -2.32. The van der Waals surface area contributed by atoms with Gasteiger partial charge in [-0.05, 0) is 13.6 Å². The highest BCUT2D eigenvalue weighted by molar-refractivity contribution is 7.99. The standard InChI is InChI=1S/C18H22ClN7OS/c1-5-7-8-13(19)12(6-2)14-9-22-10-26(14)17-15(16(20-3)24-25-17)28-11-23-18(27)21-4/h5-7,9-10H,2-3,8,11H2,1,4H3,(H,24,25)(H2,21,23,27)/b7-5-,13-12-. The van der Waals surface area contributed by atoms with Gasteiger partial charge in [0.05, 0.1) is 22.7 Å². The lowest BCUT2D eigenvalue weighted by atomic mass is 10.1. The normalized spacial score (nSPS) is 12.0. The Morgan fingerprint density at radius 2 is 2.32 bits per heavy atom. The molecule has 0 aromatic carbocycles. The van der Waals surface area contributed by atoms with Crippen LogP contribution in [0.4, 0.5) is 10.6 Å². The van der Waals surface area contributed by atoms with Crippen molar-refractivity contribution in [3.63, 3.8) is 0 Å². The molecule has 0 aliphatic heterocycles. The largest absolute Gasteiger partial charge is 0.341 e. The predicted octanol–water partition coefficient (Wildman–Crippen LogP) is 4.01. The number of hydrogen-bond donors (Lipinski definition) is 3. The minimum atomic E-state index is -0.276. The summed E-state index contributed by atoms with van der Waals surface area (Å²) in [6.45, 7) is 9.38. The number of urea groups is 1. The molecule has 0 atom stereocenters. The summed E-state index contributed by atoms with van der Waals surface area (Å²) in [7, 11) is 1.55. The van der Waals surface area contributed by atoms with Crippen LogP contribution in [0.5, 0.6) is 0 Å². The minimum Gasteiger partial charge on any atom is -0.341 e. The van der Waals surface area contributed by atoms with Crippen molar-refractivity contribution < 1.29 is 4.79 Å². The molecular weight excluding hydrogens is 398 g/mol. The maximum absolute atomic E-state index is 11.4. The second kappa shape index (κ2) is 10.5. The number of aromatic nitrogens is 4. The summed E-state index contributed by atoms with van der Waals surface area (Å²) in [5.41, 5.74) is 1.50. The van der Waals surface area contributed by atoms with Crippen LogP contribution in [0.25, 0.3) is 11.4 Å². The maximum atomic E-state index is 11.4. The molecule has 10 heteroatoms. The second-order valence-electron chi connectivity index (χ2n) is 5.37. The average molecular weight is 420 g/mol. The van der Waals surface area contributed by atoms with E-state index in [4.69, 9.17) is 11.6 Å².